The molecule has 0 saturated heterocycles. The average Bonchev–Trinajstić information content (AvgIpc) is 2.65. The van der Waals surface area contributed by atoms with Crippen molar-refractivity contribution in [1.29, 1.82) is 0 Å². The first kappa shape index (κ1) is 12.6. The van der Waals surface area contributed by atoms with Crippen molar-refractivity contribution in [3.63, 3.8) is 0 Å². The summed E-state index contributed by atoms with van der Waals surface area (Å²) >= 11 is 0. The number of hydroxylamine groups is 1. The first-order chi connectivity index (χ1) is 8.45. The third-order valence-electron chi connectivity index (χ3n) is 3.53. The van der Waals surface area contributed by atoms with Crippen LogP contribution in [0.3, 0.4) is 0 Å². The molecule has 1 aliphatic carbocycles. The monoisotopic (exact) mass is 233 g/mol. The standard InChI is InChI=1S/C15H23NO/c1-2-5-9-14(8-4-1)12-16-17-13-15-10-6-3-7-11-15/h3,6-7,10-11,14,16H,1-2,4-5,8-9,12-13H2. The maximum atomic E-state index is 5.51. The van der Waals surface area contributed by atoms with Crippen molar-refractivity contribution in [3.8, 4) is 0 Å². The minimum atomic E-state index is 0.660. The molecule has 0 radical (unpaired) electrons. The fraction of sp³-hybridized carbons (Fsp3) is 0.600. The van der Waals surface area contributed by atoms with Gasteiger partial charge in [-0.1, -0.05) is 56.0 Å². The highest BCUT2D eigenvalue weighted by Crippen LogP contribution is 2.21. The summed E-state index contributed by atoms with van der Waals surface area (Å²) in [6.45, 7) is 1.67. The Morgan fingerprint density at radius 3 is 2.41 bits per heavy atom. The molecule has 0 heterocycles. The van der Waals surface area contributed by atoms with Gasteiger partial charge in [0.05, 0.1) is 6.61 Å². The van der Waals surface area contributed by atoms with Crippen LogP contribution in [0.5, 0.6) is 0 Å². The van der Waals surface area contributed by atoms with Gasteiger partial charge in [-0.2, -0.15) is 0 Å². The summed E-state index contributed by atoms with van der Waals surface area (Å²) < 4.78 is 0. The molecule has 1 aromatic rings. The highest BCUT2D eigenvalue weighted by molar-refractivity contribution is 5.13. The Kier molecular flexibility index (Phi) is 5.53. The second-order valence-electron chi connectivity index (χ2n) is 4.98. The molecule has 1 aliphatic rings. The van der Waals surface area contributed by atoms with Crippen molar-refractivity contribution in [3.05, 3.63) is 35.9 Å². The zero-order valence-electron chi connectivity index (χ0n) is 10.5. The molecule has 2 heteroatoms. The van der Waals surface area contributed by atoms with Gasteiger partial charge in [0.15, 0.2) is 0 Å². The molecule has 0 bridgehead atoms. The van der Waals surface area contributed by atoms with Gasteiger partial charge in [-0.15, -0.1) is 0 Å². The Morgan fingerprint density at radius 1 is 1.00 bits per heavy atom. The predicted octanol–water partition coefficient (Wildman–Crippen LogP) is 3.68. The van der Waals surface area contributed by atoms with E-state index in [-0.39, 0.29) is 0 Å². The van der Waals surface area contributed by atoms with Crippen LogP contribution in [0.4, 0.5) is 0 Å². The van der Waals surface area contributed by atoms with Crippen LogP contribution >= 0.6 is 0 Å². The molecule has 2 nitrogen and oxygen atoms in total. The molecule has 1 saturated carbocycles. The molecule has 0 aromatic heterocycles. The molecule has 1 N–H and O–H groups in total. The van der Waals surface area contributed by atoms with Crippen LogP contribution in [0.2, 0.25) is 0 Å². The molecule has 2 rings (SSSR count). The molecule has 94 valence electrons. The third-order valence-corrected chi connectivity index (χ3v) is 3.53. The SMILES string of the molecule is c1ccc(CONCC2CCCCCC2)cc1. The van der Waals surface area contributed by atoms with Gasteiger partial charge in [0.2, 0.25) is 0 Å². The third kappa shape index (κ3) is 4.88. The molecule has 0 amide bonds. The van der Waals surface area contributed by atoms with Gasteiger partial charge in [0.25, 0.3) is 0 Å². The Bertz CT molecular complexity index is 291. The number of nitrogens with one attached hydrogen (secondary N) is 1. The van der Waals surface area contributed by atoms with E-state index >= 15 is 0 Å². The van der Waals surface area contributed by atoms with Gasteiger partial charge < -0.3 is 0 Å². The fourth-order valence-electron chi connectivity index (χ4n) is 2.45. The lowest BCUT2D eigenvalue weighted by atomic mass is 10.0. The van der Waals surface area contributed by atoms with Crippen molar-refractivity contribution in [2.24, 2.45) is 5.92 Å². The maximum Gasteiger partial charge on any atom is 0.0933 e. The van der Waals surface area contributed by atoms with Crippen molar-refractivity contribution >= 4 is 0 Å². The minimum absolute atomic E-state index is 0.660. The van der Waals surface area contributed by atoms with Crippen molar-refractivity contribution < 1.29 is 4.84 Å². The first-order valence-corrected chi connectivity index (χ1v) is 6.84. The molecule has 0 atom stereocenters. The van der Waals surface area contributed by atoms with E-state index in [1.165, 1.54) is 44.1 Å². The van der Waals surface area contributed by atoms with E-state index in [1.54, 1.807) is 0 Å². The van der Waals surface area contributed by atoms with Crippen LogP contribution in [0.1, 0.15) is 44.1 Å². The summed E-state index contributed by atoms with van der Waals surface area (Å²) in [4.78, 5) is 5.51. The van der Waals surface area contributed by atoms with E-state index in [0.717, 1.165) is 12.5 Å². The number of rotatable bonds is 5. The van der Waals surface area contributed by atoms with Gasteiger partial charge in [-0.25, -0.2) is 5.48 Å². The average molecular weight is 233 g/mol. The van der Waals surface area contributed by atoms with Crippen molar-refractivity contribution in [2.75, 3.05) is 6.54 Å². The predicted molar refractivity (Wildman–Crippen MR) is 70.4 cm³/mol. The molecular weight excluding hydrogens is 210 g/mol. The summed E-state index contributed by atoms with van der Waals surface area (Å²) in [6, 6.07) is 10.3. The van der Waals surface area contributed by atoms with Crippen molar-refractivity contribution in [1.82, 2.24) is 5.48 Å². The van der Waals surface area contributed by atoms with Gasteiger partial charge in [-0.05, 0) is 24.3 Å². The summed E-state index contributed by atoms with van der Waals surface area (Å²) in [5.74, 6) is 0.813. The van der Waals surface area contributed by atoms with E-state index in [9.17, 15) is 0 Å². The molecule has 1 aromatic carbocycles. The number of hydrogen-bond donors (Lipinski definition) is 1. The zero-order valence-corrected chi connectivity index (χ0v) is 10.5. The summed E-state index contributed by atoms with van der Waals surface area (Å²) in [5.41, 5.74) is 4.35. The normalized spacial score (nSPS) is 17.9. The Hall–Kier alpha value is -0.860. The van der Waals surface area contributed by atoms with Crippen LogP contribution in [0, 0.1) is 5.92 Å². The quantitative estimate of drug-likeness (QED) is 0.476. The Morgan fingerprint density at radius 2 is 1.71 bits per heavy atom. The summed E-state index contributed by atoms with van der Waals surface area (Å²) in [5, 5.41) is 0. The van der Waals surface area contributed by atoms with Crippen LogP contribution in [-0.2, 0) is 11.4 Å². The second kappa shape index (κ2) is 7.46. The Balaban J connectivity index is 1.59. The van der Waals surface area contributed by atoms with E-state index in [4.69, 9.17) is 4.84 Å². The van der Waals surface area contributed by atoms with Crippen LogP contribution in [0.25, 0.3) is 0 Å². The molecule has 0 unspecified atom stereocenters. The van der Waals surface area contributed by atoms with Crippen LogP contribution < -0.4 is 5.48 Å². The first-order valence-electron chi connectivity index (χ1n) is 6.84. The van der Waals surface area contributed by atoms with Gasteiger partial charge in [0.1, 0.15) is 0 Å². The van der Waals surface area contributed by atoms with Gasteiger partial charge >= 0.3 is 0 Å². The topological polar surface area (TPSA) is 21.3 Å². The molecule has 0 spiro atoms. The highest BCUT2D eigenvalue weighted by atomic mass is 16.6. The lowest BCUT2D eigenvalue weighted by molar-refractivity contribution is 0.0183. The highest BCUT2D eigenvalue weighted by Gasteiger charge is 2.11. The molecule has 17 heavy (non-hydrogen) atoms. The van der Waals surface area contributed by atoms with E-state index in [2.05, 4.69) is 17.6 Å². The van der Waals surface area contributed by atoms with E-state index in [1.807, 2.05) is 18.2 Å². The maximum absolute atomic E-state index is 5.51. The van der Waals surface area contributed by atoms with E-state index in [0.29, 0.717) is 6.61 Å². The van der Waals surface area contributed by atoms with Gasteiger partial charge in [-0.3, -0.25) is 4.84 Å². The molecule has 1 fully saturated rings. The lowest BCUT2D eigenvalue weighted by Crippen LogP contribution is -2.22. The molecular formula is C15H23NO. The number of benzene rings is 1. The largest absolute Gasteiger partial charge is 0.297 e. The van der Waals surface area contributed by atoms with Crippen LogP contribution in [0.15, 0.2) is 30.3 Å². The summed E-state index contributed by atoms with van der Waals surface area (Å²) in [6.07, 6.45) is 8.35. The second-order valence-corrected chi connectivity index (χ2v) is 4.98. The van der Waals surface area contributed by atoms with E-state index < -0.39 is 0 Å². The zero-order chi connectivity index (χ0) is 11.8. The smallest absolute Gasteiger partial charge is 0.0933 e. The van der Waals surface area contributed by atoms with Crippen LogP contribution in [-0.4, -0.2) is 6.54 Å². The van der Waals surface area contributed by atoms with Crippen molar-refractivity contribution in [2.45, 2.75) is 45.1 Å². The number of hydrogen-bond acceptors (Lipinski definition) is 2. The Labute approximate surface area is 104 Å². The lowest BCUT2D eigenvalue weighted by Gasteiger charge is -2.14. The minimum Gasteiger partial charge on any atom is -0.297 e. The summed E-state index contributed by atoms with van der Waals surface area (Å²) in [7, 11) is 0. The molecule has 0 aliphatic heterocycles. The fourth-order valence-corrected chi connectivity index (χ4v) is 2.45. The van der Waals surface area contributed by atoms with Gasteiger partial charge in [0, 0.05) is 6.54 Å².